The van der Waals surface area contributed by atoms with Crippen molar-refractivity contribution in [3.8, 4) is 0 Å². The third kappa shape index (κ3) is 3.78. The number of aliphatic hydroxyl groups excluding tert-OH is 1. The summed E-state index contributed by atoms with van der Waals surface area (Å²) in [7, 11) is 0. The number of aliphatic hydroxyl groups is 1. The summed E-state index contributed by atoms with van der Waals surface area (Å²) in [4.78, 5) is 19.3. The van der Waals surface area contributed by atoms with Crippen molar-refractivity contribution in [2.24, 2.45) is 4.99 Å². The van der Waals surface area contributed by atoms with Crippen LogP contribution in [0.15, 0.2) is 65.7 Å². The Morgan fingerprint density at radius 2 is 1.73 bits per heavy atom. The van der Waals surface area contributed by atoms with E-state index in [0.29, 0.717) is 24.6 Å². The maximum Gasteiger partial charge on any atom is 0.251 e. The zero-order valence-corrected chi connectivity index (χ0v) is 15.1. The van der Waals surface area contributed by atoms with Gasteiger partial charge in [0.25, 0.3) is 5.91 Å². The topological polar surface area (TPSA) is 62.1 Å². The lowest BCUT2D eigenvalue weighted by Crippen LogP contribution is -2.53. The molecule has 0 spiro atoms. The van der Waals surface area contributed by atoms with Gasteiger partial charge in [-0.05, 0) is 25.0 Å². The minimum Gasteiger partial charge on any atom is -0.480 e. The number of ether oxygens (including phenoxy) is 1. The Hall–Kier alpha value is -2.66. The molecule has 5 nitrogen and oxygen atoms in total. The minimum atomic E-state index is -1.01. The van der Waals surface area contributed by atoms with Crippen LogP contribution in [0.1, 0.15) is 31.1 Å². The van der Waals surface area contributed by atoms with Crippen LogP contribution in [0.3, 0.4) is 0 Å². The molecule has 0 aliphatic carbocycles. The highest BCUT2D eigenvalue weighted by Gasteiger charge is 2.40. The van der Waals surface area contributed by atoms with Gasteiger partial charge in [-0.1, -0.05) is 60.7 Å². The molecule has 0 saturated heterocycles. The quantitative estimate of drug-likeness (QED) is 0.900. The number of hydrogen-bond donors (Lipinski definition) is 1. The van der Waals surface area contributed by atoms with Crippen molar-refractivity contribution in [3.05, 3.63) is 71.8 Å². The molecule has 2 aromatic carbocycles. The molecule has 1 N–H and O–H groups in total. The van der Waals surface area contributed by atoms with Crippen molar-refractivity contribution >= 4 is 11.8 Å². The zero-order chi connectivity index (χ0) is 18.5. The lowest BCUT2D eigenvalue weighted by molar-refractivity contribution is -0.138. The molecule has 5 heteroatoms. The summed E-state index contributed by atoms with van der Waals surface area (Å²) in [5, 5.41) is 10.8. The van der Waals surface area contributed by atoms with Gasteiger partial charge in [-0.2, -0.15) is 0 Å². The Morgan fingerprint density at radius 1 is 1.12 bits per heavy atom. The normalized spacial score (nSPS) is 21.3. The molecule has 26 heavy (non-hydrogen) atoms. The lowest BCUT2D eigenvalue weighted by atomic mass is 9.98. The molecule has 3 atom stereocenters. The first-order chi connectivity index (χ1) is 12.6. The Bertz CT molecular complexity index is 761. The van der Waals surface area contributed by atoms with E-state index in [-0.39, 0.29) is 11.9 Å². The van der Waals surface area contributed by atoms with Crippen LogP contribution in [0.2, 0.25) is 0 Å². The summed E-state index contributed by atoms with van der Waals surface area (Å²) in [5.74, 6) is 0.296. The van der Waals surface area contributed by atoms with Gasteiger partial charge >= 0.3 is 0 Å². The fraction of sp³-hybridized carbons (Fsp3) is 0.333. The number of carbonyl (C=O) groups excluding carboxylic acids is 1. The molecule has 1 amide bonds. The highest BCUT2D eigenvalue weighted by atomic mass is 16.5. The fourth-order valence-corrected chi connectivity index (χ4v) is 3.13. The summed E-state index contributed by atoms with van der Waals surface area (Å²) in [5.41, 5.74) is 1.69. The highest BCUT2D eigenvalue weighted by Crippen LogP contribution is 2.27. The zero-order valence-electron chi connectivity index (χ0n) is 15.1. The minimum absolute atomic E-state index is 0.193. The molecule has 0 bridgehead atoms. The second-order valence-electron chi connectivity index (χ2n) is 6.33. The van der Waals surface area contributed by atoms with Gasteiger partial charge in [0.1, 0.15) is 12.1 Å². The monoisotopic (exact) mass is 352 g/mol. The van der Waals surface area contributed by atoms with Gasteiger partial charge in [-0.25, -0.2) is 4.99 Å². The van der Waals surface area contributed by atoms with Gasteiger partial charge in [-0.15, -0.1) is 0 Å². The van der Waals surface area contributed by atoms with E-state index < -0.39 is 12.1 Å². The standard InChI is InChI=1S/C21H24N2O3/c1-3-26-20-15(2)23(14-16-10-6-4-7-11-16)21(25)18(22-20)19(24)17-12-8-5-9-13-17/h4-13,15,18-19,24H,3,14H2,1-2H3/t15-,18-,19-/m1/s1. The van der Waals surface area contributed by atoms with E-state index in [2.05, 4.69) is 4.99 Å². The van der Waals surface area contributed by atoms with E-state index in [1.54, 1.807) is 17.0 Å². The van der Waals surface area contributed by atoms with E-state index in [4.69, 9.17) is 4.74 Å². The number of benzene rings is 2. The van der Waals surface area contributed by atoms with Crippen molar-refractivity contribution in [1.29, 1.82) is 0 Å². The molecule has 0 radical (unpaired) electrons. The first-order valence-corrected chi connectivity index (χ1v) is 8.89. The number of amides is 1. The van der Waals surface area contributed by atoms with Crippen molar-refractivity contribution < 1.29 is 14.6 Å². The molecule has 1 aliphatic heterocycles. The van der Waals surface area contributed by atoms with Crippen molar-refractivity contribution in [2.45, 2.75) is 38.6 Å². The average Bonchev–Trinajstić information content (AvgIpc) is 2.68. The van der Waals surface area contributed by atoms with E-state index in [1.807, 2.05) is 62.4 Å². The maximum atomic E-state index is 13.1. The Balaban J connectivity index is 1.92. The van der Waals surface area contributed by atoms with Crippen LogP contribution in [-0.4, -0.2) is 40.5 Å². The van der Waals surface area contributed by atoms with Crippen LogP contribution >= 0.6 is 0 Å². The van der Waals surface area contributed by atoms with Crippen LogP contribution in [-0.2, 0) is 16.1 Å². The molecule has 0 unspecified atom stereocenters. The predicted octanol–water partition coefficient (Wildman–Crippen LogP) is 2.95. The summed E-state index contributed by atoms with van der Waals surface area (Å²) in [6.07, 6.45) is -1.01. The van der Waals surface area contributed by atoms with Crippen LogP contribution < -0.4 is 0 Å². The van der Waals surface area contributed by atoms with Crippen molar-refractivity contribution in [1.82, 2.24) is 4.90 Å². The van der Waals surface area contributed by atoms with Crippen molar-refractivity contribution in [3.63, 3.8) is 0 Å². The first-order valence-electron chi connectivity index (χ1n) is 8.89. The van der Waals surface area contributed by atoms with Gasteiger partial charge in [-0.3, -0.25) is 4.79 Å². The van der Waals surface area contributed by atoms with E-state index in [9.17, 15) is 9.90 Å². The van der Waals surface area contributed by atoms with Gasteiger partial charge in [0, 0.05) is 6.54 Å². The van der Waals surface area contributed by atoms with Gasteiger partial charge < -0.3 is 14.7 Å². The predicted molar refractivity (Wildman–Crippen MR) is 101 cm³/mol. The molecule has 1 heterocycles. The van der Waals surface area contributed by atoms with Crippen LogP contribution in [0.4, 0.5) is 0 Å². The molecule has 0 fully saturated rings. The third-order valence-corrected chi connectivity index (χ3v) is 4.56. The lowest BCUT2D eigenvalue weighted by Gasteiger charge is -2.37. The maximum absolute atomic E-state index is 13.1. The van der Waals surface area contributed by atoms with E-state index >= 15 is 0 Å². The smallest absolute Gasteiger partial charge is 0.251 e. The Kier molecular flexibility index (Phi) is 5.68. The Labute approximate surface area is 153 Å². The van der Waals surface area contributed by atoms with Crippen LogP contribution in [0.25, 0.3) is 0 Å². The fourth-order valence-electron chi connectivity index (χ4n) is 3.13. The number of rotatable bonds is 5. The molecular weight excluding hydrogens is 328 g/mol. The number of nitrogens with zero attached hydrogens (tertiary/aromatic N) is 2. The molecule has 0 aromatic heterocycles. The van der Waals surface area contributed by atoms with Gasteiger partial charge in [0.15, 0.2) is 6.04 Å². The summed E-state index contributed by atoms with van der Waals surface area (Å²) >= 11 is 0. The summed E-state index contributed by atoms with van der Waals surface area (Å²) in [6, 6.07) is 17.8. The second-order valence-corrected chi connectivity index (χ2v) is 6.33. The molecular formula is C21H24N2O3. The first kappa shape index (κ1) is 18.1. The highest BCUT2D eigenvalue weighted by molar-refractivity contribution is 5.95. The largest absolute Gasteiger partial charge is 0.480 e. The number of aliphatic imine (C=N–C) groups is 1. The third-order valence-electron chi connectivity index (χ3n) is 4.56. The molecule has 136 valence electrons. The summed E-state index contributed by atoms with van der Waals surface area (Å²) < 4.78 is 5.67. The second kappa shape index (κ2) is 8.15. The summed E-state index contributed by atoms with van der Waals surface area (Å²) in [6.45, 7) is 4.70. The molecule has 1 aliphatic rings. The Morgan fingerprint density at radius 3 is 2.35 bits per heavy atom. The molecule has 3 rings (SSSR count). The van der Waals surface area contributed by atoms with Crippen LogP contribution in [0.5, 0.6) is 0 Å². The number of carbonyl (C=O) groups is 1. The van der Waals surface area contributed by atoms with Gasteiger partial charge in [0.05, 0.1) is 6.61 Å². The van der Waals surface area contributed by atoms with E-state index in [0.717, 1.165) is 5.56 Å². The SMILES string of the molecule is CCOC1=N[C@H]([C@H](O)c2ccccc2)C(=O)N(Cc2ccccc2)[C@@H]1C. The van der Waals surface area contributed by atoms with Crippen LogP contribution in [0, 0.1) is 0 Å². The average molecular weight is 352 g/mol. The van der Waals surface area contributed by atoms with Crippen molar-refractivity contribution in [2.75, 3.05) is 6.61 Å². The molecule has 2 aromatic rings. The van der Waals surface area contributed by atoms with Gasteiger partial charge in [0.2, 0.25) is 5.90 Å². The number of hydrogen-bond acceptors (Lipinski definition) is 4. The molecule has 0 saturated carbocycles. The van der Waals surface area contributed by atoms with E-state index in [1.165, 1.54) is 0 Å².